The molecule has 6 nitrogen and oxygen atoms in total. The molecule has 1 N–H and O–H groups in total. The second-order valence-corrected chi connectivity index (χ2v) is 5.80. The maximum Gasteiger partial charge on any atom is 0.432 e. The molecule has 0 fully saturated rings. The van der Waals surface area contributed by atoms with E-state index in [1.807, 2.05) is 0 Å². The Hall–Kier alpha value is -3.07. The summed E-state index contributed by atoms with van der Waals surface area (Å²) in [6.45, 7) is -0.281. The summed E-state index contributed by atoms with van der Waals surface area (Å²) in [7, 11) is 2.16. The van der Waals surface area contributed by atoms with Crippen LogP contribution in [0, 0.1) is 0 Å². The van der Waals surface area contributed by atoms with Crippen LogP contribution in [-0.4, -0.2) is 43.9 Å². The van der Waals surface area contributed by atoms with Crippen molar-refractivity contribution in [1.82, 2.24) is 0 Å². The number of rotatable bonds is 6. The lowest BCUT2D eigenvalue weighted by Crippen LogP contribution is -2.49. The number of carbonyl (C=O) groups excluding carboxylic acids is 2. The quantitative estimate of drug-likeness (QED) is 0.759. The third-order valence-electron chi connectivity index (χ3n) is 4.04. The van der Waals surface area contributed by atoms with Gasteiger partial charge in [-0.3, -0.25) is 4.79 Å². The number of likely N-dealkylation sites (N-methyl/N-ethyl adjacent to an activating group) is 1. The van der Waals surface area contributed by atoms with Gasteiger partial charge in [-0.25, -0.2) is 4.79 Å². The van der Waals surface area contributed by atoms with E-state index < -0.39 is 29.2 Å². The summed E-state index contributed by atoms with van der Waals surface area (Å²) in [5.41, 5.74) is -4.28. The van der Waals surface area contributed by atoms with Gasteiger partial charge >= 0.3 is 12.1 Å². The van der Waals surface area contributed by atoms with Crippen molar-refractivity contribution in [3.05, 3.63) is 60.2 Å². The summed E-state index contributed by atoms with van der Waals surface area (Å²) in [5, 5.41) is 9.94. The minimum Gasteiger partial charge on any atom is -0.484 e. The van der Waals surface area contributed by atoms with Crippen LogP contribution >= 0.6 is 0 Å². The van der Waals surface area contributed by atoms with E-state index in [9.17, 15) is 27.9 Å². The van der Waals surface area contributed by atoms with Crippen LogP contribution in [-0.2, 0) is 19.9 Å². The van der Waals surface area contributed by atoms with Crippen molar-refractivity contribution >= 4 is 17.6 Å². The lowest BCUT2D eigenvalue weighted by molar-refractivity contribution is -0.266. The summed E-state index contributed by atoms with van der Waals surface area (Å²) >= 11 is 0. The van der Waals surface area contributed by atoms with E-state index in [0.29, 0.717) is 5.75 Å². The summed E-state index contributed by atoms with van der Waals surface area (Å²) in [6.07, 6.45) is -5.28. The summed E-state index contributed by atoms with van der Waals surface area (Å²) < 4.78 is 49.2. The van der Waals surface area contributed by atoms with Crippen LogP contribution in [0.2, 0.25) is 0 Å². The van der Waals surface area contributed by atoms with Crippen molar-refractivity contribution in [3.8, 4) is 5.75 Å². The fourth-order valence-electron chi connectivity index (χ4n) is 2.37. The second kappa shape index (κ2) is 8.30. The van der Waals surface area contributed by atoms with Gasteiger partial charge in [-0.05, 0) is 24.3 Å². The van der Waals surface area contributed by atoms with Crippen LogP contribution < -0.4 is 9.64 Å². The third-order valence-corrected chi connectivity index (χ3v) is 4.04. The van der Waals surface area contributed by atoms with Gasteiger partial charge in [-0.1, -0.05) is 30.3 Å². The molecule has 0 saturated carbocycles. The number of alkyl halides is 3. The SMILES string of the molecule is COC(=O)[C@](O)(c1ccc(N(C)C(=O)COc2ccccc2)cc1)C(F)(F)F. The number of methoxy groups -OCH3 is 1. The zero-order chi connectivity index (χ0) is 20.9. The maximum atomic E-state index is 13.2. The number of halogens is 3. The Balaban J connectivity index is 2.16. The summed E-state index contributed by atoms with van der Waals surface area (Å²) in [6, 6.07) is 12.8. The third kappa shape index (κ3) is 4.25. The fraction of sp³-hybridized carbons (Fsp3) is 0.263. The van der Waals surface area contributed by atoms with Gasteiger partial charge in [-0.2, -0.15) is 13.2 Å². The molecule has 0 unspecified atom stereocenters. The monoisotopic (exact) mass is 397 g/mol. The average molecular weight is 397 g/mol. The molecule has 2 aromatic carbocycles. The normalized spacial score (nSPS) is 13.4. The van der Waals surface area contributed by atoms with E-state index in [1.54, 1.807) is 30.3 Å². The number of carbonyl (C=O) groups is 2. The molecule has 9 heteroatoms. The molecule has 2 rings (SSSR count). The number of amides is 1. The highest BCUT2D eigenvalue weighted by atomic mass is 19.4. The maximum absolute atomic E-state index is 13.2. The number of esters is 1. The highest BCUT2D eigenvalue weighted by Gasteiger charge is 2.62. The van der Waals surface area contributed by atoms with E-state index >= 15 is 0 Å². The average Bonchev–Trinajstić information content (AvgIpc) is 2.70. The fourth-order valence-corrected chi connectivity index (χ4v) is 2.37. The molecule has 150 valence electrons. The number of hydrogen-bond donors (Lipinski definition) is 1. The Morgan fingerprint density at radius 1 is 1.04 bits per heavy atom. The van der Waals surface area contributed by atoms with E-state index in [0.717, 1.165) is 19.2 Å². The summed E-state index contributed by atoms with van der Waals surface area (Å²) in [5.74, 6) is -1.81. The van der Waals surface area contributed by atoms with Crippen LogP contribution in [0.4, 0.5) is 18.9 Å². The first-order valence-corrected chi connectivity index (χ1v) is 8.03. The topological polar surface area (TPSA) is 76.1 Å². The molecule has 0 aliphatic heterocycles. The van der Waals surface area contributed by atoms with Crippen LogP contribution in [0.5, 0.6) is 5.75 Å². The largest absolute Gasteiger partial charge is 0.484 e. The Morgan fingerprint density at radius 3 is 2.11 bits per heavy atom. The van der Waals surface area contributed by atoms with Crippen molar-refractivity contribution in [2.24, 2.45) is 0 Å². The van der Waals surface area contributed by atoms with Gasteiger partial charge in [0.2, 0.25) is 0 Å². The van der Waals surface area contributed by atoms with Gasteiger partial charge in [0.1, 0.15) is 5.75 Å². The first-order valence-electron chi connectivity index (χ1n) is 8.03. The number of anilines is 1. The zero-order valence-electron chi connectivity index (χ0n) is 15.1. The minimum absolute atomic E-state index is 0.250. The van der Waals surface area contributed by atoms with Crippen molar-refractivity contribution in [1.29, 1.82) is 0 Å². The number of nitrogens with zero attached hydrogens (tertiary/aromatic N) is 1. The van der Waals surface area contributed by atoms with Gasteiger partial charge in [0.25, 0.3) is 11.5 Å². The second-order valence-electron chi connectivity index (χ2n) is 5.80. The van der Waals surface area contributed by atoms with E-state index in [-0.39, 0.29) is 12.3 Å². The van der Waals surface area contributed by atoms with Crippen molar-refractivity contribution in [2.75, 3.05) is 25.7 Å². The van der Waals surface area contributed by atoms with Gasteiger partial charge < -0.3 is 19.5 Å². The number of benzene rings is 2. The highest BCUT2D eigenvalue weighted by molar-refractivity contribution is 5.94. The van der Waals surface area contributed by atoms with E-state index in [4.69, 9.17) is 4.74 Å². The number of para-hydroxylation sites is 1. The molecule has 0 spiro atoms. The van der Waals surface area contributed by atoms with Crippen LogP contribution in [0.3, 0.4) is 0 Å². The van der Waals surface area contributed by atoms with E-state index in [1.165, 1.54) is 24.1 Å². The number of aliphatic hydroxyl groups is 1. The minimum atomic E-state index is -5.28. The van der Waals surface area contributed by atoms with Crippen molar-refractivity contribution in [2.45, 2.75) is 11.8 Å². The van der Waals surface area contributed by atoms with Crippen LogP contribution in [0.1, 0.15) is 5.56 Å². The lowest BCUT2D eigenvalue weighted by atomic mass is 9.93. The molecular formula is C19H18F3NO5. The predicted octanol–water partition coefficient (Wildman–Crippen LogP) is 2.65. The lowest BCUT2D eigenvalue weighted by Gasteiger charge is -2.28. The molecule has 28 heavy (non-hydrogen) atoms. The Labute approximate surface area is 159 Å². The molecule has 0 radical (unpaired) electrons. The Morgan fingerprint density at radius 2 is 1.61 bits per heavy atom. The molecule has 0 aliphatic rings. The van der Waals surface area contributed by atoms with Gasteiger partial charge in [0, 0.05) is 18.3 Å². The molecular weight excluding hydrogens is 379 g/mol. The first kappa shape index (κ1) is 21.2. The van der Waals surface area contributed by atoms with Gasteiger partial charge in [-0.15, -0.1) is 0 Å². The Bertz CT molecular complexity index is 824. The van der Waals surface area contributed by atoms with Crippen molar-refractivity contribution < 1.29 is 37.3 Å². The Kier molecular flexibility index (Phi) is 6.30. The van der Waals surface area contributed by atoms with Crippen LogP contribution in [0.25, 0.3) is 0 Å². The van der Waals surface area contributed by atoms with Gasteiger partial charge in [0.15, 0.2) is 6.61 Å². The van der Waals surface area contributed by atoms with Gasteiger partial charge in [0.05, 0.1) is 7.11 Å². The molecule has 0 saturated heterocycles. The molecule has 0 aromatic heterocycles. The van der Waals surface area contributed by atoms with E-state index in [2.05, 4.69) is 4.74 Å². The summed E-state index contributed by atoms with van der Waals surface area (Å²) in [4.78, 5) is 24.9. The number of ether oxygens (including phenoxy) is 2. The molecule has 2 aromatic rings. The molecule has 0 bridgehead atoms. The highest BCUT2D eigenvalue weighted by Crippen LogP contribution is 2.40. The molecule has 1 amide bonds. The molecule has 0 heterocycles. The smallest absolute Gasteiger partial charge is 0.432 e. The molecule has 1 atom stereocenters. The molecule has 0 aliphatic carbocycles. The predicted molar refractivity (Wildman–Crippen MR) is 93.8 cm³/mol. The van der Waals surface area contributed by atoms with Crippen molar-refractivity contribution in [3.63, 3.8) is 0 Å². The first-order chi connectivity index (χ1) is 13.1. The standard InChI is InChI=1S/C19H18F3NO5/c1-23(16(24)12-28-15-6-4-3-5-7-15)14-10-8-13(9-11-14)18(26,17(25)27-2)19(20,21)22/h3-11,26H,12H2,1-2H3/t18-/m1/s1. The zero-order valence-corrected chi connectivity index (χ0v) is 15.1. The van der Waals surface area contributed by atoms with Crippen LogP contribution in [0.15, 0.2) is 54.6 Å². The number of hydrogen-bond acceptors (Lipinski definition) is 5.